The van der Waals surface area contributed by atoms with Crippen molar-refractivity contribution in [3.63, 3.8) is 0 Å². The molecule has 10 heteroatoms. The molecule has 0 rings (SSSR count). The third-order valence-electron chi connectivity index (χ3n) is 8.60. The lowest BCUT2D eigenvalue weighted by Crippen LogP contribution is -2.47. The first kappa shape index (κ1) is 45.8. The molecule has 2 unspecified atom stereocenters. The Balaban J connectivity index is 3.88. The first-order valence-electron chi connectivity index (χ1n) is 19.1. The number of ether oxygens (including phenoxy) is 4. The summed E-state index contributed by atoms with van der Waals surface area (Å²) in [5, 5.41) is 10.9. The number of hydrogen-bond donors (Lipinski definition) is 1. The van der Waals surface area contributed by atoms with Crippen LogP contribution in [0.15, 0.2) is 0 Å². The second-order valence-corrected chi connectivity index (χ2v) is 14.0. The van der Waals surface area contributed by atoms with Crippen molar-refractivity contribution in [3.05, 3.63) is 0 Å². The van der Waals surface area contributed by atoms with Gasteiger partial charge in [0.2, 0.25) is 0 Å². The molecule has 0 aliphatic rings. The molecule has 0 aliphatic heterocycles. The Labute approximate surface area is 292 Å². The Hall–Kier alpha value is -2.20. The van der Waals surface area contributed by atoms with Crippen molar-refractivity contribution >= 4 is 23.9 Å². The highest BCUT2D eigenvalue weighted by Crippen LogP contribution is 2.18. The number of quaternary nitrogens is 1. The molecule has 0 saturated heterocycles. The third-order valence-corrected chi connectivity index (χ3v) is 8.60. The Bertz CT molecular complexity index is 833. The first-order chi connectivity index (χ1) is 23.0. The van der Waals surface area contributed by atoms with E-state index >= 15 is 0 Å². The highest BCUT2D eigenvalue weighted by Gasteiger charge is 2.27. The van der Waals surface area contributed by atoms with Crippen molar-refractivity contribution < 1.29 is 47.7 Å². The topological polar surface area (TPSA) is 125 Å². The van der Waals surface area contributed by atoms with E-state index in [0.717, 1.165) is 103 Å². The zero-order valence-corrected chi connectivity index (χ0v) is 31.4. The van der Waals surface area contributed by atoms with Crippen LogP contribution in [0.3, 0.4) is 0 Å². The van der Waals surface area contributed by atoms with Gasteiger partial charge in [-0.15, -0.1) is 0 Å². The fraction of sp³-hybridized carbons (Fsp3) is 0.895. The van der Waals surface area contributed by atoms with Crippen LogP contribution in [0.1, 0.15) is 162 Å². The first-order valence-corrected chi connectivity index (χ1v) is 19.1. The standard InChI is InChI=1S/C38H72NO9/c1-6-7-20-26-36(48-38(44)32-39(4,5)28-31-46-34(3)41)35(42)25-21-16-12-8-9-13-17-22-27-37(43)47-30-24-19-15-11-10-14-18-23-29-45-33(2)40/h35-36,42H,6-32H2,1-5H3/q+1. The smallest absolute Gasteiger partial charge is 0.362 e. The molecule has 282 valence electrons. The van der Waals surface area contributed by atoms with Gasteiger partial charge in [0, 0.05) is 20.3 Å². The largest absolute Gasteiger partial charge is 0.466 e. The van der Waals surface area contributed by atoms with E-state index in [1.165, 1.54) is 33.1 Å². The lowest BCUT2D eigenvalue weighted by atomic mass is 10.00. The van der Waals surface area contributed by atoms with Crippen molar-refractivity contribution in [1.29, 1.82) is 0 Å². The quantitative estimate of drug-likeness (QED) is 0.0321. The van der Waals surface area contributed by atoms with Gasteiger partial charge in [-0.05, 0) is 38.5 Å². The average molecular weight is 687 g/mol. The predicted molar refractivity (Wildman–Crippen MR) is 189 cm³/mol. The maximum Gasteiger partial charge on any atom is 0.362 e. The molecule has 10 nitrogen and oxygen atoms in total. The molecule has 0 saturated carbocycles. The molecule has 0 fully saturated rings. The minimum Gasteiger partial charge on any atom is -0.466 e. The molecule has 0 aromatic heterocycles. The van der Waals surface area contributed by atoms with Crippen LogP contribution in [0.5, 0.6) is 0 Å². The summed E-state index contributed by atoms with van der Waals surface area (Å²) in [7, 11) is 3.80. The van der Waals surface area contributed by atoms with Crippen LogP contribution in [-0.2, 0) is 38.1 Å². The van der Waals surface area contributed by atoms with Gasteiger partial charge in [-0.25, -0.2) is 4.79 Å². The third kappa shape index (κ3) is 31.1. The number of carbonyl (C=O) groups is 4. The molecule has 0 bridgehead atoms. The van der Waals surface area contributed by atoms with Gasteiger partial charge < -0.3 is 28.5 Å². The molecule has 1 N–H and O–H groups in total. The van der Waals surface area contributed by atoms with Gasteiger partial charge in [-0.2, -0.15) is 0 Å². The van der Waals surface area contributed by atoms with Crippen molar-refractivity contribution in [2.45, 2.75) is 174 Å². The number of unbranched alkanes of at least 4 members (excludes halogenated alkanes) is 16. The number of nitrogens with zero attached hydrogens (tertiary/aromatic N) is 1. The zero-order valence-electron chi connectivity index (χ0n) is 31.4. The molecule has 0 heterocycles. The summed E-state index contributed by atoms with van der Waals surface area (Å²) in [5.41, 5.74) is 0. The lowest BCUT2D eigenvalue weighted by molar-refractivity contribution is -0.883. The van der Waals surface area contributed by atoms with Gasteiger partial charge >= 0.3 is 23.9 Å². The van der Waals surface area contributed by atoms with Crippen LogP contribution in [0.25, 0.3) is 0 Å². The summed E-state index contributed by atoms with van der Waals surface area (Å²) in [6.45, 7) is 6.90. The number of rotatable bonds is 33. The van der Waals surface area contributed by atoms with Gasteiger partial charge in [0.1, 0.15) is 19.3 Å². The van der Waals surface area contributed by atoms with E-state index in [1.807, 2.05) is 14.1 Å². The zero-order chi connectivity index (χ0) is 35.9. The number of aliphatic hydroxyl groups excluding tert-OH is 1. The second kappa shape index (κ2) is 30.8. The number of carbonyl (C=O) groups excluding carboxylic acids is 4. The molecule has 2 atom stereocenters. The molecular formula is C38H72NO9+. The summed E-state index contributed by atoms with van der Waals surface area (Å²) in [6, 6.07) is 0. The fourth-order valence-electron chi connectivity index (χ4n) is 5.60. The van der Waals surface area contributed by atoms with Gasteiger partial charge in [0.15, 0.2) is 6.54 Å². The minimum absolute atomic E-state index is 0.0814. The van der Waals surface area contributed by atoms with Crippen LogP contribution in [0.2, 0.25) is 0 Å². The number of aliphatic hydroxyl groups is 1. The summed E-state index contributed by atoms with van der Waals surface area (Å²) in [4.78, 5) is 46.5. The SMILES string of the molecule is CCCCCC(OC(=O)C[N+](C)(C)CCOC(C)=O)C(O)CCCCCCCCCCC(=O)OCCCCCCCCCCOC(C)=O. The van der Waals surface area contributed by atoms with Gasteiger partial charge in [0.05, 0.1) is 33.4 Å². The number of esters is 4. The van der Waals surface area contributed by atoms with Crippen LogP contribution in [0.4, 0.5) is 0 Å². The molecule has 48 heavy (non-hydrogen) atoms. The van der Waals surface area contributed by atoms with Crippen LogP contribution < -0.4 is 0 Å². The van der Waals surface area contributed by atoms with E-state index in [9.17, 15) is 24.3 Å². The van der Waals surface area contributed by atoms with E-state index in [2.05, 4.69) is 6.92 Å². The summed E-state index contributed by atoms with van der Waals surface area (Å²) in [6.07, 6.45) is 20.8. The molecular weight excluding hydrogens is 614 g/mol. The highest BCUT2D eigenvalue weighted by atomic mass is 16.6. The van der Waals surface area contributed by atoms with Crippen molar-refractivity contribution in [1.82, 2.24) is 0 Å². The van der Waals surface area contributed by atoms with E-state index in [1.54, 1.807) is 0 Å². The number of hydrogen-bond acceptors (Lipinski definition) is 9. The van der Waals surface area contributed by atoms with Gasteiger partial charge in [-0.1, -0.05) is 103 Å². The predicted octanol–water partition coefficient (Wildman–Crippen LogP) is 7.61. The van der Waals surface area contributed by atoms with E-state index in [-0.39, 0.29) is 37.0 Å². The Morgan fingerprint density at radius 3 is 1.56 bits per heavy atom. The average Bonchev–Trinajstić information content (AvgIpc) is 3.01. The van der Waals surface area contributed by atoms with Crippen molar-refractivity contribution in [2.75, 3.05) is 47.0 Å². The Morgan fingerprint density at radius 2 is 1.02 bits per heavy atom. The Morgan fingerprint density at radius 1 is 0.562 bits per heavy atom. The minimum atomic E-state index is -0.663. The van der Waals surface area contributed by atoms with E-state index in [4.69, 9.17) is 18.9 Å². The van der Waals surface area contributed by atoms with E-state index in [0.29, 0.717) is 43.5 Å². The van der Waals surface area contributed by atoms with Crippen LogP contribution in [-0.4, -0.2) is 92.7 Å². The normalized spacial score (nSPS) is 12.7. The van der Waals surface area contributed by atoms with Crippen LogP contribution >= 0.6 is 0 Å². The Kier molecular flexibility index (Phi) is 29.4. The van der Waals surface area contributed by atoms with Crippen molar-refractivity contribution in [3.8, 4) is 0 Å². The maximum atomic E-state index is 12.7. The van der Waals surface area contributed by atoms with E-state index < -0.39 is 12.2 Å². The van der Waals surface area contributed by atoms with Gasteiger partial charge in [0.25, 0.3) is 0 Å². The van der Waals surface area contributed by atoms with Crippen molar-refractivity contribution in [2.24, 2.45) is 0 Å². The monoisotopic (exact) mass is 687 g/mol. The molecule has 0 aromatic rings. The molecule has 0 spiro atoms. The number of likely N-dealkylation sites (N-methyl/N-ethyl adjacent to an activating group) is 1. The fourth-order valence-corrected chi connectivity index (χ4v) is 5.60. The molecule has 0 aromatic carbocycles. The van der Waals surface area contributed by atoms with Crippen LogP contribution in [0, 0.1) is 0 Å². The molecule has 0 aliphatic carbocycles. The molecule has 0 amide bonds. The lowest BCUT2D eigenvalue weighted by Gasteiger charge is -2.30. The van der Waals surface area contributed by atoms with Gasteiger partial charge in [-0.3, -0.25) is 14.4 Å². The molecule has 0 radical (unpaired) electrons. The highest BCUT2D eigenvalue weighted by molar-refractivity contribution is 5.71. The summed E-state index contributed by atoms with van der Waals surface area (Å²) in [5.74, 6) is -0.954. The summed E-state index contributed by atoms with van der Waals surface area (Å²) < 4.78 is 21.5. The summed E-state index contributed by atoms with van der Waals surface area (Å²) >= 11 is 0. The second-order valence-electron chi connectivity index (χ2n) is 14.0. The maximum absolute atomic E-state index is 12.7.